The van der Waals surface area contributed by atoms with Crippen LogP contribution in [0.2, 0.25) is 0 Å². The molecule has 78 valence electrons. The van der Waals surface area contributed by atoms with Gasteiger partial charge in [-0.15, -0.1) is 0 Å². The van der Waals surface area contributed by atoms with Gasteiger partial charge in [0.25, 0.3) is 5.56 Å². The van der Waals surface area contributed by atoms with Crippen molar-refractivity contribution in [2.24, 2.45) is 14.1 Å². The number of carboxylic acids is 1. The van der Waals surface area contributed by atoms with Crippen molar-refractivity contribution < 1.29 is 9.90 Å². The Hall–Kier alpha value is -2.11. The van der Waals surface area contributed by atoms with E-state index in [-0.39, 0.29) is 5.56 Å². The first kappa shape index (κ1) is 9.45. The lowest BCUT2D eigenvalue weighted by atomic mass is 10.2. The minimum Gasteiger partial charge on any atom is -0.477 e. The van der Waals surface area contributed by atoms with Crippen molar-refractivity contribution in [3.63, 3.8) is 0 Å². The highest BCUT2D eigenvalue weighted by molar-refractivity contribution is 5.91. The molecule has 0 unspecified atom stereocenters. The van der Waals surface area contributed by atoms with Gasteiger partial charge in [0.15, 0.2) is 0 Å². The molecular formula is C9H9N3O3. The lowest BCUT2D eigenvalue weighted by Crippen LogP contribution is -2.25. The zero-order valence-corrected chi connectivity index (χ0v) is 8.26. The van der Waals surface area contributed by atoms with Gasteiger partial charge in [-0.2, -0.15) is 5.10 Å². The fourth-order valence-electron chi connectivity index (χ4n) is 1.61. The smallest absolute Gasteiger partial charge is 0.341 e. The monoisotopic (exact) mass is 207 g/mol. The maximum absolute atomic E-state index is 11.6. The maximum atomic E-state index is 11.6. The summed E-state index contributed by atoms with van der Waals surface area (Å²) in [4.78, 5) is 22.4. The second-order valence-electron chi connectivity index (χ2n) is 3.27. The molecule has 2 aromatic heterocycles. The molecule has 2 rings (SSSR count). The summed E-state index contributed by atoms with van der Waals surface area (Å²) < 4.78 is 2.81. The summed E-state index contributed by atoms with van der Waals surface area (Å²) in [5.41, 5.74) is -0.165. The highest BCUT2D eigenvalue weighted by atomic mass is 16.4. The van der Waals surface area contributed by atoms with E-state index in [2.05, 4.69) is 5.10 Å². The molecule has 0 amide bonds. The van der Waals surface area contributed by atoms with Crippen LogP contribution < -0.4 is 5.56 Å². The van der Waals surface area contributed by atoms with E-state index in [4.69, 9.17) is 5.11 Å². The SMILES string of the molecule is Cn1ncc2cc(C(=O)O)c(=O)n(C)c21. The molecule has 0 aromatic carbocycles. The molecule has 6 nitrogen and oxygen atoms in total. The van der Waals surface area contributed by atoms with Gasteiger partial charge in [-0.05, 0) is 6.07 Å². The fraction of sp³-hybridized carbons (Fsp3) is 0.222. The molecule has 2 aromatic rings. The van der Waals surface area contributed by atoms with Crippen LogP contribution in [0.3, 0.4) is 0 Å². The molecule has 0 radical (unpaired) electrons. The van der Waals surface area contributed by atoms with Crippen LogP contribution in [-0.2, 0) is 14.1 Å². The van der Waals surface area contributed by atoms with Crippen molar-refractivity contribution in [2.45, 2.75) is 0 Å². The van der Waals surface area contributed by atoms with Crippen molar-refractivity contribution in [3.8, 4) is 0 Å². The van der Waals surface area contributed by atoms with Crippen LogP contribution in [0.15, 0.2) is 17.1 Å². The first-order valence-electron chi connectivity index (χ1n) is 4.27. The van der Waals surface area contributed by atoms with E-state index in [9.17, 15) is 9.59 Å². The van der Waals surface area contributed by atoms with Gasteiger partial charge >= 0.3 is 5.97 Å². The summed E-state index contributed by atoms with van der Waals surface area (Å²) in [5, 5.41) is 13.4. The number of aromatic nitrogens is 3. The second-order valence-corrected chi connectivity index (χ2v) is 3.27. The number of aromatic carboxylic acids is 1. The maximum Gasteiger partial charge on any atom is 0.341 e. The van der Waals surface area contributed by atoms with Crippen molar-refractivity contribution in [1.29, 1.82) is 0 Å². The highest BCUT2D eigenvalue weighted by Gasteiger charge is 2.14. The molecule has 0 aliphatic carbocycles. The minimum atomic E-state index is -1.22. The Labute approximate surface area is 84.4 Å². The number of rotatable bonds is 1. The first-order chi connectivity index (χ1) is 7.02. The quantitative estimate of drug-likeness (QED) is 0.712. The zero-order chi connectivity index (χ0) is 11.2. The molecule has 0 saturated carbocycles. The van der Waals surface area contributed by atoms with Gasteiger partial charge in [0.05, 0.1) is 6.20 Å². The summed E-state index contributed by atoms with van der Waals surface area (Å²) in [5.74, 6) is -1.22. The van der Waals surface area contributed by atoms with Gasteiger partial charge in [-0.25, -0.2) is 4.79 Å². The number of fused-ring (bicyclic) bond motifs is 1. The van der Waals surface area contributed by atoms with Gasteiger partial charge in [0.2, 0.25) is 0 Å². The molecule has 1 N–H and O–H groups in total. The Kier molecular flexibility index (Phi) is 1.85. The minimum absolute atomic E-state index is 0.238. The standard InChI is InChI=1S/C9H9N3O3/c1-11-7-5(4-10-12(7)2)3-6(8(11)13)9(14)15/h3-4H,1-2H3,(H,14,15). The summed E-state index contributed by atoms with van der Waals surface area (Å²) in [6, 6.07) is 1.34. The number of carboxylic acid groups (broad SMARTS) is 1. The van der Waals surface area contributed by atoms with Crippen LogP contribution in [0.5, 0.6) is 0 Å². The zero-order valence-electron chi connectivity index (χ0n) is 8.26. The van der Waals surface area contributed by atoms with Crippen LogP contribution in [0.25, 0.3) is 11.0 Å². The van der Waals surface area contributed by atoms with Crippen LogP contribution in [0.1, 0.15) is 10.4 Å². The Morgan fingerprint density at radius 2 is 2.13 bits per heavy atom. The molecule has 0 atom stereocenters. The van der Waals surface area contributed by atoms with Crippen molar-refractivity contribution in [1.82, 2.24) is 14.3 Å². The normalized spacial score (nSPS) is 10.8. The number of carbonyl (C=O) groups is 1. The van der Waals surface area contributed by atoms with Crippen molar-refractivity contribution >= 4 is 17.0 Å². The van der Waals surface area contributed by atoms with Crippen LogP contribution in [0.4, 0.5) is 0 Å². The third-order valence-corrected chi connectivity index (χ3v) is 2.32. The molecule has 0 aliphatic heterocycles. The van der Waals surface area contributed by atoms with E-state index in [0.29, 0.717) is 11.0 Å². The number of pyridine rings is 1. The summed E-state index contributed by atoms with van der Waals surface area (Å²) in [6.07, 6.45) is 1.53. The molecule has 2 heterocycles. The van der Waals surface area contributed by atoms with E-state index in [0.717, 1.165) is 0 Å². The van der Waals surface area contributed by atoms with Gasteiger partial charge in [-0.1, -0.05) is 0 Å². The lowest BCUT2D eigenvalue weighted by Gasteiger charge is -2.03. The van der Waals surface area contributed by atoms with Gasteiger partial charge in [-0.3, -0.25) is 14.0 Å². The van der Waals surface area contributed by atoms with E-state index in [1.807, 2.05) is 0 Å². The molecular weight excluding hydrogens is 198 g/mol. The van der Waals surface area contributed by atoms with Gasteiger partial charge in [0, 0.05) is 19.5 Å². The molecule has 0 spiro atoms. The van der Waals surface area contributed by atoms with Crippen LogP contribution in [0, 0.1) is 0 Å². The van der Waals surface area contributed by atoms with Crippen LogP contribution in [-0.4, -0.2) is 25.4 Å². The second kappa shape index (κ2) is 2.94. The molecule has 0 saturated heterocycles. The third kappa shape index (κ3) is 1.22. The number of hydrogen-bond donors (Lipinski definition) is 1. The third-order valence-electron chi connectivity index (χ3n) is 2.32. The Balaban J connectivity index is 2.97. The molecule has 0 fully saturated rings. The molecule has 15 heavy (non-hydrogen) atoms. The first-order valence-corrected chi connectivity index (χ1v) is 4.27. The van der Waals surface area contributed by atoms with Crippen molar-refractivity contribution in [2.75, 3.05) is 0 Å². The largest absolute Gasteiger partial charge is 0.477 e. The highest BCUT2D eigenvalue weighted by Crippen LogP contribution is 2.10. The fourth-order valence-corrected chi connectivity index (χ4v) is 1.61. The summed E-state index contributed by atoms with van der Waals surface area (Å²) in [6.45, 7) is 0. The number of hydrogen-bond acceptors (Lipinski definition) is 3. The summed E-state index contributed by atoms with van der Waals surface area (Å²) in [7, 11) is 3.22. The molecule has 0 aliphatic rings. The predicted octanol–water partition coefficient (Wildman–Crippen LogP) is -0.0298. The van der Waals surface area contributed by atoms with E-state index >= 15 is 0 Å². The topological polar surface area (TPSA) is 77.1 Å². The average Bonchev–Trinajstić information content (AvgIpc) is 2.53. The summed E-state index contributed by atoms with van der Waals surface area (Å²) >= 11 is 0. The van der Waals surface area contributed by atoms with E-state index in [1.54, 1.807) is 7.05 Å². The van der Waals surface area contributed by atoms with Gasteiger partial charge in [0.1, 0.15) is 11.2 Å². The Morgan fingerprint density at radius 1 is 1.47 bits per heavy atom. The average molecular weight is 207 g/mol. The number of aryl methyl sites for hydroxylation is 2. The Morgan fingerprint density at radius 3 is 2.73 bits per heavy atom. The lowest BCUT2D eigenvalue weighted by molar-refractivity contribution is 0.0694. The van der Waals surface area contributed by atoms with Crippen molar-refractivity contribution in [3.05, 3.63) is 28.2 Å². The van der Waals surface area contributed by atoms with Gasteiger partial charge < -0.3 is 5.11 Å². The van der Waals surface area contributed by atoms with Crippen LogP contribution >= 0.6 is 0 Å². The van der Waals surface area contributed by atoms with E-state index < -0.39 is 11.5 Å². The van der Waals surface area contributed by atoms with E-state index in [1.165, 1.54) is 28.6 Å². The molecule has 6 heteroatoms. The number of nitrogens with zero attached hydrogens (tertiary/aromatic N) is 3. The Bertz CT molecular complexity index is 609. The molecule has 0 bridgehead atoms. The predicted molar refractivity (Wildman–Crippen MR) is 52.9 cm³/mol.